The van der Waals surface area contributed by atoms with Gasteiger partial charge in [-0.15, -0.1) is 0 Å². The van der Waals surface area contributed by atoms with Crippen LogP contribution >= 0.6 is 0 Å². The largest absolute Gasteiger partial charge is 0.437 e. The molecule has 0 aliphatic heterocycles. The van der Waals surface area contributed by atoms with E-state index in [4.69, 9.17) is 4.74 Å². The quantitative estimate of drug-likeness (QED) is 0.291. The maximum Gasteiger partial charge on any atom is 0.228 e. The third-order valence-electron chi connectivity index (χ3n) is 6.90. The van der Waals surface area contributed by atoms with Crippen LogP contribution < -0.4 is 10.1 Å². The maximum absolute atomic E-state index is 12.9. The van der Waals surface area contributed by atoms with Crippen LogP contribution in [0.2, 0.25) is 0 Å². The second kappa shape index (κ2) is 10.8. The molecule has 0 saturated heterocycles. The second-order valence-corrected chi connectivity index (χ2v) is 11.1. The Morgan fingerprint density at radius 3 is 2.70 bits per heavy atom. The molecule has 1 fully saturated rings. The number of anilines is 1. The molecular weight excluding hydrogens is 484 g/mol. The van der Waals surface area contributed by atoms with E-state index in [1.165, 1.54) is 6.42 Å². The first-order chi connectivity index (χ1) is 17.9. The van der Waals surface area contributed by atoms with Crippen molar-refractivity contribution in [2.75, 3.05) is 11.6 Å². The molecule has 2 heterocycles. The van der Waals surface area contributed by atoms with Gasteiger partial charge in [-0.25, -0.2) is 15.0 Å². The fourth-order valence-corrected chi connectivity index (χ4v) is 5.49. The molecule has 0 bridgehead atoms. The molecule has 1 aliphatic carbocycles. The summed E-state index contributed by atoms with van der Waals surface area (Å²) in [5, 5.41) is 5.17. The molecule has 8 heteroatoms. The van der Waals surface area contributed by atoms with E-state index in [0.717, 1.165) is 34.9 Å². The summed E-state index contributed by atoms with van der Waals surface area (Å²) in [6, 6.07) is 15.2. The van der Waals surface area contributed by atoms with Crippen molar-refractivity contribution in [1.82, 2.24) is 15.0 Å². The molecule has 4 aromatic rings. The van der Waals surface area contributed by atoms with Gasteiger partial charge < -0.3 is 10.1 Å². The summed E-state index contributed by atoms with van der Waals surface area (Å²) in [5.41, 5.74) is 2.95. The normalized spacial score (nSPS) is 18.0. The molecule has 5 rings (SSSR count). The summed E-state index contributed by atoms with van der Waals surface area (Å²) < 4.78 is 18.4. The van der Waals surface area contributed by atoms with Crippen LogP contribution in [-0.4, -0.2) is 31.3 Å². The van der Waals surface area contributed by atoms with Crippen molar-refractivity contribution in [3.63, 3.8) is 0 Å². The van der Waals surface area contributed by atoms with Crippen molar-refractivity contribution in [3.05, 3.63) is 66.5 Å². The summed E-state index contributed by atoms with van der Waals surface area (Å²) in [6.45, 7) is 4.24. The summed E-state index contributed by atoms with van der Waals surface area (Å²) in [5.74, 6) is 2.25. The predicted octanol–water partition coefficient (Wildman–Crippen LogP) is 6.29. The van der Waals surface area contributed by atoms with Crippen molar-refractivity contribution in [3.8, 4) is 22.9 Å². The van der Waals surface area contributed by atoms with Gasteiger partial charge in [0.1, 0.15) is 5.75 Å². The van der Waals surface area contributed by atoms with Gasteiger partial charge in [-0.05, 0) is 61.4 Å². The van der Waals surface area contributed by atoms with E-state index >= 15 is 0 Å². The van der Waals surface area contributed by atoms with Crippen LogP contribution in [0.5, 0.6) is 11.6 Å². The molecule has 2 aromatic heterocycles. The molecule has 1 amide bonds. The first-order valence-electron chi connectivity index (χ1n) is 12.5. The van der Waals surface area contributed by atoms with Gasteiger partial charge in [-0.1, -0.05) is 37.6 Å². The monoisotopic (exact) mass is 514 g/mol. The van der Waals surface area contributed by atoms with Gasteiger partial charge in [0.25, 0.3) is 0 Å². The average molecular weight is 515 g/mol. The summed E-state index contributed by atoms with van der Waals surface area (Å²) in [7, 11) is -1.31. The third-order valence-corrected chi connectivity index (χ3v) is 7.61. The van der Waals surface area contributed by atoms with E-state index in [2.05, 4.69) is 27.2 Å². The number of nitrogens with zero attached hydrogens (tertiary/aromatic N) is 3. The number of benzene rings is 2. The Morgan fingerprint density at radius 1 is 1.05 bits per heavy atom. The number of hydrogen-bond donors (Lipinski definition) is 1. The van der Waals surface area contributed by atoms with Gasteiger partial charge in [0.15, 0.2) is 0 Å². The Kier molecular flexibility index (Phi) is 7.28. The van der Waals surface area contributed by atoms with Crippen LogP contribution in [0.15, 0.2) is 66.1 Å². The molecule has 3 unspecified atom stereocenters. The van der Waals surface area contributed by atoms with Crippen LogP contribution in [0, 0.1) is 18.8 Å². The Bertz CT molecular complexity index is 1490. The number of pyridine rings is 1. The van der Waals surface area contributed by atoms with Crippen LogP contribution in [0.1, 0.15) is 38.2 Å². The minimum Gasteiger partial charge on any atom is -0.437 e. The van der Waals surface area contributed by atoms with Crippen LogP contribution in [0.4, 0.5) is 5.69 Å². The molecular formula is C29H30N4O3S. The van der Waals surface area contributed by atoms with Gasteiger partial charge >= 0.3 is 0 Å². The third kappa shape index (κ3) is 5.54. The number of hydrogen-bond acceptors (Lipinski definition) is 6. The lowest BCUT2D eigenvalue weighted by Gasteiger charge is -2.16. The first-order valence-corrected chi connectivity index (χ1v) is 14.1. The lowest BCUT2D eigenvalue weighted by Crippen LogP contribution is -2.15. The zero-order valence-electron chi connectivity index (χ0n) is 21.2. The Hall–Kier alpha value is -3.65. The van der Waals surface area contributed by atoms with Gasteiger partial charge in [0.2, 0.25) is 16.9 Å². The number of carbonyl (C=O) groups is 1. The van der Waals surface area contributed by atoms with E-state index in [1.54, 1.807) is 24.7 Å². The molecule has 2 aromatic carbocycles. The minimum absolute atomic E-state index is 0.0505. The highest BCUT2D eigenvalue weighted by atomic mass is 32.2. The number of fused-ring (bicyclic) bond motifs is 1. The molecule has 1 aliphatic rings. The standard InChI is InChI=1S/C29H30N4O3S/c1-18-9-11-20(16-18)17-26(34)32-24-8-4-6-22-21(24)12-10-19(2)27(22)36-28-23(7-5-14-30-28)25-13-15-31-29(33-25)37(3)35/h4-8,10,12-15,18,20H,9,11,16-17H2,1-3H3,(H,32,34). The Labute approximate surface area is 219 Å². The minimum atomic E-state index is -1.31. The number of ether oxygens (including phenoxy) is 1. The fourth-order valence-electron chi connectivity index (χ4n) is 5.05. The molecule has 7 nitrogen and oxygen atoms in total. The second-order valence-electron chi connectivity index (χ2n) is 9.79. The van der Waals surface area contributed by atoms with Gasteiger partial charge in [-0.2, -0.15) is 0 Å². The van der Waals surface area contributed by atoms with Crippen molar-refractivity contribution >= 4 is 33.2 Å². The van der Waals surface area contributed by atoms with Gasteiger partial charge in [-0.3, -0.25) is 9.00 Å². The van der Waals surface area contributed by atoms with E-state index in [9.17, 15) is 9.00 Å². The number of aryl methyl sites for hydroxylation is 1. The fraction of sp³-hybridized carbons (Fsp3) is 0.310. The molecule has 37 heavy (non-hydrogen) atoms. The molecule has 0 radical (unpaired) electrons. The van der Waals surface area contributed by atoms with Gasteiger partial charge in [0.05, 0.1) is 22.1 Å². The van der Waals surface area contributed by atoms with Crippen molar-refractivity contribution in [2.24, 2.45) is 11.8 Å². The zero-order chi connectivity index (χ0) is 25.9. The topological polar surface area (TPSA) is 94.1 Å². The van der Waals surface area contributed by atoms with Gasteiger partial charge in [0, 0.05) is 41.5 Å². The highest BCUT2D eigenvalue weighted by molar-refractivity contribution is 7.84. The summed E-state index contributed by atoms with van der Waals surface area (Å²) >= 11 is 0. The molecule has 3 atom stereocenters. The Balaban J connectivity index is 1.47. The smallest absolute Gasteiger partial charge is 0.228 e. The Morgan fingerprint density at radius 2 is 1.92 bits per heavy atom. The lowest BCUT2D eigenvalue weighted by atomic mass is 10.0. The van der Waals surface area contributed by atoms with Crippen molar-refractivity contribution < 1.29 is 13.7 Å². The molecule has 0 spiro atoms. The molecule has 1 saturated carbocycles. The highest BCUT2D eigenvalue weighted by Crippen LogP contribution is 2.39. The van der Waals surface area contributed by atoms with Crippen LogP contribution in [0.3, 0.4) is 0 Å². The number of amides is 1. The summed E-state index contributed by atoms with van der Waals surface area (Å²) in [6.07, 6.45) is 8.79. The van der Waals surface area contributed by atoms with Crippen LogP contribution in [0.25, 0.3) is 22.0 Å². The highest BCUT2D eigenvalue weighted by Gasteiger charge is 2.24. The van der Waals surface area contributed by atoms with Crippen molar-refractivity contribution in [1.29, 1.82) is 0 Å². The average Bonchev–Trinajstić information content (AvgIpc) is 3.30. The molecule has 190 valence electrons. The van der Waals surface area contributed by atoms with E-state index < -0.39 is 10.8 Å². The first kappa shape index (κ1) is 25.0. The van der Waals surface area contributed by atoms with E-state index in [-0.39, 0.29) is 11.1 Å². The predicted molar refractivity (Wildman–Crippen MR) is 146 cm³/mol. The number of aromatic nitrogens is 3. The van der Waals surface area contributed by atoms with Crippen molar-refractivity contribution in [2.45, 2.75) is 44.7 Å². The SMILES string of the molecule is Cc1ccc2c(NC(=O)CC3CCC(C)C3)cccc2c1Oc1ncccc1-c1ccnc(S(C)=O)n1. The zero-order valence-corrected chi connectivity index (χ0v) is 22.0. The van der Waals surface area contributed by atoms with E-state index in [0.29, 0.717) is 41.1 Å². The van der Waals surface area contributed by atoms with Crippen LogP contribution in [-0.2, 0) is 15.6 Å². The lowest BCUT2D eigenvalue weighted by molar-refractivity contribution is -0.117. The molecule has 1 N–H and O–H groups in total. The number of rotatable bonds is 7. The number of nitrogens with one attached hydrogen (secondary N) is 1. The maximum atomic E-state index is 12.9. The number of carbonyl (C=O) groups excluding carboxylic acids is 1. The van der Waals surface area contributed by atoms with E-state index in [1.807, 2.05) is 49.4 Å². The summed E-state index contributed by atoms with van der Waals surface area (Å²) in [4.78, 5) is 25.9.